The van der Waals surface area contributed by atoms with E-state index in [2.05, 4.69) is 10.5 Å². The van der Waals surface area contributed by atoms with Crippen molar-refractivity contribution in [3.8, 4) is 23.3 Å². The van der Waals surface area contributed by atoms with Crippen LogP contribution in [0.25, 0.3) is 0 Å². The molecule has 26 heavy (non-hydrogen) atoms. The van der Waals surface area contributed by atoms with E-state index in [1.807, 2.05) is 31.2 Å². The fourth-order valence-corrected chi connectivity index (χ4v) is 2.31. The molecule has 0 unspecified atom stereocenters. The zero-order valence-corrected chi connectivity index (χ0v) is 15.0. The number of carbonyl (C=O) groups is 1. The number of rotatable bonds is 7. The van der Waals surface area contributed by atoms with E-state index in [9.17, 15) is 10.1 Å². The molecule has 0 heterocycles. The van der Waals surface area contributed by atoms with Crippen molar-refractivity contribution >= 4 is 17.2 Å². The first-order valence-corrected chi connectivity index (χ1v) is 7.69. The Morgan fingerprint density at radius 2 is 1.73 bits per heavy atom. The Morgan fingerprint density at radius 3 is 2.23 bits per heavy atom. The summed E-state index contributed by atoms with van der Waals surface area (Å²) >= 11 is 0. The molecule has 0 aliphatic rings. The molecule has 7 heteroatoms. The lowest BCUT2D eigenvalue weighted by Crippen LogP contribution is -2.15. The Bertz CT molecular complexity index is 860. The van der Waals surface area contributed by atoms with Gasteiger partial charge in [0.05, 0.1) is 27.0 Å². The minimum Gasteiger partial charge on any atom is -0.493 e. The Kier molecular flexibility index (Phi) is 6.17. The van der Waals surface area contributed by atoms with Crippen molar-refractivity contribution in [2.24, 2.45) is 5.10 Å². The van der Waals surface area contributed by atoms with Crippen LogP contribution in [0.2, 0.25) is 0 Å². The van der Waals surface area contributed by atoms with Gasteiger partial charge in [-0.1, -0.05) is 12.1 Å². The van der Waals surface area contributed by atoms with Crippen molar-refractivity contribution in [3.63, 3.8) is 0 Å². The maximum Gasteiger partial charge on any atom is 0.224 e. The van der Waals surface area contributed by atoms with Gasteiger partial charge in [-0.15, -0.1) is 0 Å². The average molecular weight is 353 g/mol. The molecule has 2 aromatic rings. The van der Waals surface area contributed by atoms with E-state index in [0.29, 0.717) is 22.9 Å². The van der Waals surface area contributed by atoms with Gasteiger partial charge in [0.15, 0.2) is 11.5 Å². The number of ketones is 1. The van der Waals surface area contributed by atoms with Gasteiger partial charge in [0.2, 0.25) is 17.2 Å². The van der Waals surface area contributed by atoms with Crippen LogP contribution in [0.1, 0.15) is 15.9 Å². The molecular weight excluding hydrogens is 334 g/mol. The zero-order valence-electron chi connectivity index (χ0n) is 15.0. The van der Waals surface area contributed by atoms with Crippen LogP contribution in [0.15, 0.2) is 41.5 Å². The monoisotopic (exact) mass is 353 g/mol. The minimum atomic E-state index is -0.563. The Morgan fingerprint density at radius 1 is 1.08 bits per heavy atom. The maximum atomic E-state index is 12.7. The Balaban J connectivity index is 2.36. The van der Waals surface area contributed by atoms with Crippen LogP contribution >= 0.6 is 0 Å². The predicted molar refractivity (Wildman–Crippen MR) is 98.3 cm³/mol. The van der Waals surface area contributed by atoms with Gasteiger partial charge in [0.1, 0.15) is 6.07 Å². The first-order valence-electron chi connectivity index (χ1n) is 7.69. The summed E-state index contributed by atoms with van der Waals surface area (Å²) in [5, 5.41) is 13.2. The second-order valence-electron chi connectivity index (χ2n) is 5.30. The van der Waals surface area contributed by atoms with Crippen molar-refractivity contribution in [2.45, 2.75) is 6.92 Å². The van der Waals surface area contributed by atoms with E-state index in [4.69, 9.17) is 14.2 Å². The van der Waals surface area contributed by atoms with Crippen LogP contribution in [-0.4, -0.2) is 32.8 Å². The molecule has 0 saturated carbocycles. The SMILES string of the molecule is COc1cc(C(=O)/C(C#N)=N/Nc2cccc(C)c2)cc(OC)c1OC. The highest BCUT2D eigenvalue weighted by Crippen LogP contribution is 2.38. The normalized spacial score (nSPS) is 10.7. The molecule has 0 spiro atoms. The number of hydrogen-bond donors (Lipinski definition) is 1. The van der Waals surface area contributed by atoms with Gasteiger partial charge in [0, 0.05) is 5.56 Å². The van der Waals surface area contributed by atoms with E-state index in [1.165, 1.54) is 33.5 Å². The lowest BCUT2D eigenvalue weighted by atomic mass is 10.1. The number of hydrazone groups is 1. The van der Waals surface area contributed by atoms with Crippen LogP contribution in [0, 0.1) is 18.3 Å². The fourth-order valence-electron chi connectivity index (χ4n) is 2.31. The standard InChI is InChI=1S/C19H19N3O4/c1-12-6-5-7-14(8-12)21-22-15(11-20)18(23)13-9-16(24-2)19(26-4)17(10-13)25-3/h5-10,21H,1-4H3/b22-15+. The summed E-state index contributed by atoms with van der Waals surface area (Å²) in [6.45, 7) is 1.93. The molecule has 1 N–H and O–H groups in total. The number of benzene rings is 2. The largest absolute Gasteiger partial charge is 0.493 e. The number of anilines is 1. The molecule has 0 atom stereocenters. The summed E-state index contributed by atoms with van der Waals surface area (Å²) in [4.78, 5) is 12.7. The van der Waals surface area contributed by atoms with Gasteiger partial charge in [-0.2, -0.15) is 10.4 Å². The summed E-state index contributed by atoms with van der Waals surface area (Å²) in [6.07, 6.45) is 0. The molecule has 0 aliphatic carbocycles. The Hall–Kier alpha value is -3.53. The average Bonchev–Trinajstić information content (AvgIpc) is 2.67. The molecule has 2 rings (SSSR count). The predicted octanol–water partition coefficient (Wildman–Crippen LogP) is 3.20. The summed E-state index contributed by atoms with van der Waals surface area (Å²) in [6, 6.07) is 12.2. The zero-order chi connectivity index (χ0) is 19.1. The highest BCUT2D eigenvalue weighted by molar-refractivity contribution is 6.51. The number of methoxy groups -OCH3 is 3. The highest BCUT2D eigenvalue weighted by Gasteiger charge is 2.20. The van der Waals surface area contributed by atoms with E-state index in [0.717, 1.165) is 5.56 Å². The molecule has 0 fully saturated rings. The van der Waals surface area contributed by atoms with E-state index >= 15 is 0 Å². The second-order valence-corrected chi connectivity index (χ2v) is 5.30. The minimum absolute atomic E-state index is 0.200. The third-order valence-electron chi connectivity index (χ3n) is 3.56. The molecule has 7 nitrogen and oxygen atoms in total. The fraction of sp³-hybridized carbons (Fsp3) is 0.211. The van der Waals surface area contributed by atoms with Gasteiger partial charge in [-0.25, -0.2) is 0 Å². The van der Waals surface area contributed by atoms with Gasteiger partial charge >= 0.3 is 0 Å². The van der Waals surface area contributed by atoms with Crippen molar-refractivity contribution < 1.29 is 19.0 Å². The maximum absolute atomic E-state index is 12.7. The van der Waals surface area contributed by atoms with Gasteiger partial charge < -0.3 is 14.2 Å². The topological polar surface area (TPSA) is 92.9 Å². The number of nitriles is 1. The van der Waals surface area contributed by atoms with E-state index in [1.54, 1.807) is 6.07 Å². The number of ether oxygens (including phenoxy) is 3. The van der Waals surface area contributed by atoms with Crippen LogP contribution in [0.5, 0.6) is 17.2 Å². The first-order chi connectivity index (χ1) is 12.5. The van der Waals surface area contributed by atoms with Crippen molar-refractivity contribution in [1.29, 1.82) is 5.26 Å². The molecule has 0 aliphatic heterocycles. The van der Waals surface area contributed by atoms with Crippen LogP contribution in [-0.2, 0) is 0 Å². The summed E-state index contributed by atoms with van der Waals surface area (Å²) < 4.78 is 15.7. The second kappa shape index (κ2) is 8.53. The Labute approximate surface area is 151 Å². The smallest absolute Gasteiger partial charge is 0.224 e. The van der Waals surface area contributed by atoms with Crippen LogP contribution in [0.3, 0.4) is 0 Å². The third-order valence-corrected chi connectivity index (χ3v) is 3.56. The molecule has 0 bridgehead atoms. The summed E-state index contributed by atoms with van der Waals surface area (Å²) in [7, 11) is 4.37. The van der Waals surface area contributed by atoms with Crippen LogP contribution in [0.4, 0.5) is 5.69 Å². The van der Waals surface area contributed by atoms with Gasteiger partial charge in [0.25, 0.3) is 0 Å². The molecule has 0 aromatic heterocycles. The van der Waals surface area contributed by atoms with Crippen molar-refractivity contribution in [1.82, 2.24) is 0 Å². The van der Waals surface area contributed by atoms with E-state index in [-0.39, 0.29) is 11.3 Å². The third kappa shape index (κ3) is 4.11. The lowest BCUT2D eigenvalue weighted by molar-refractivity contribution is 0.106. The van der Waals surface area contributed by atoms with Crippen molar-refractivity contribution in [2.75, 3.05) is 26.8 Å². The number of aryl methyl sites for hydroxylation is 1. The number of Topliss-reactive ketones (excluding diaryl/α,β-unsaturated/α-hetero) is 1. The quantitative estimate of drug-likeness (QED) is 0.467. The number of carbonyl (C=O) groups excluding carboxylic acids is 1. The lowest BCUT2D eigenvalue weighted by Gasteiger charge is -2.13. The molecule has 134 valence electrons. The highest BCUT2D eigenvalue weighted by atomic mass is 16.5. The summed E-state index contributed by atoms with van der Waals surface area (Å²) in [5.74, 6) is 0.435. The van der Waals surface area contributed by atoms with Gasteiger partial charge in [-0.3, -0.25) is 10.2 Å². The van der Waals surface area contributed by atoms with Crippen molar-refractivity contribution in [3.05, 3.63) is 47.5 Å². The van der Waals surface area contributed by atoms with E-state index < -0.39 is 5.78 Å². The molecule has 0 radical (unpaired) electrons. The molecule has 0 saturated heterocycles. The summed E-state index contributed by atoms with van der Waals surface area (Å²) in [5.41, 5.74) is 4.34. The molecular formula is C19H19N3O4. The number of nitrogens with one attached hydrogen (secondary N) is 1. The first kappa shape index (κ1) is 18.8. The van der Waals surface area contributed by atoms with Crippen LogP contribution < -0.4 is 19.6 Å². The number of nitrogens with zero attached hydrogens (tertiary/aromatic N) is 2. The molecule has 2 aromatic carbocycles. The molecule has 0 amide bonds. The van der Waals surface area contributed by atoms with Gasteiger partial charge in [-0.05, 0) is 36.8 Å². The number of hydrogen-bond acceptors (Lipinski definition) is 7.